The molecule has 2 amide bonds. The minimum absolute atomic E-state index is 0.0115. The van der Waals surface area contributed by atoms with E-state index in [0.29, 0.717) is 11.3 Å². The predicted molar refractivity (Wildman–Crippen MR) is 129 cm³/mol. The first-order valence-electron chi connectivity index (χ1n) is 10.6. The molecule has 0 saturated carbocycles. The van der Waals surface area contributed by atoms with E-state index in [9.17, 15) is 18.0 Å². The Labute approximate surface area is 194 Å². The van der Waals surface area contributed by atoms with Gasteiger partial charge in [0.1, 0.15) is 0 Å². The maximum Gasteiger partial charge on any atom is 0.264 e. The number of hydrogen-bond donors (Lipinski definition) is 2. The van der Waals surface area contributed by atoms with Crippen LogP contribution in [0.2, 0.25) is 0 Å². The molecule has 3 aromatic carbocycles. The van der Waals surface area contributed by atoms with Gasteiger partial charge in [0.25, 0.3) is 15.9 Å². The summed E-state index contributed by atoms with van der Waals surface area (Å²) in [6.45, 7) is 2.39. The molecule has 0 fully saturated rings. The number of carbonyl (C=O) groups is 2. The Kier molecular flexibility index (Phi) is 8.21. The van der Waals surface area contributed by atoms with E-state index in [1.807, 2.05) is 13.0 Å². The summed E-state index contributed by atoms with van der Waals surface area (Å²) in [6.07, 6.45) is -0.0212. The Hall–Kier alpha value is -3.65. The maximum atomic E-state index is 13.3. The quantitative estimate of drug-likeness (QED) is 0.450. The van der Waals surface area contributed by atoms with E-state index >= 15 is 0 Å². The van der Waals surface area contributed by atoms with Crippen LogP contribution >= 0.6 is 0 Å². The molecule has 0 aliphatic rings. The summed E-state index contributed by atoms with van der Waals surface area (Å²) in [6, 6.07) is 24.1. The van der Waals surface area contributed by atoms with Gasteiger partial charge in [0.15, 0.2) is 0 Å². The van der Waals surface area contributed by atoms with Crippen molar-refractivity contribution in [3.05, 3.63) is 96.1 Å². The van der Waals surface area contributed by atoms with Gasteiger partial charge in [0.2, 0.25) is 5.91 Å². The van der Waals surface area contributed by atoms with Gasteiger partial charge in [-0.05, 0) is 43.3 Å². The highest BCUT2D eigenvalue weighted by Crippen LogP contribution is 2.24. The largest absolute Gasteiger partial charge is 0.354 e. The van der Waals surface area contributed by atoms with Gasteiger partial charge in [-0.3, -0.25) is 13.9 Å². The van der Waals surface area contributed by atoms with Crippen LogP contribution in [0.25, 0.3) is 0 Å². The van der Waals surface area contributed by atoms with Crippen LogP contribution in [-0.2, 0) is 14.8 Å². The van der Waals surface area contributed by atoms with Crippen molar-refractivity contribution in [2.75, 3.05) is 23.9 Å². The average molecular weight is 466 g/mol. The fourth-order valence-electron chi connectivity index (χ4n) is 3.18. The molecule has 0 spiro atoms. The summed E-state index contributed by atoms with van der Waals surface area (Å²) in [7, 11) is -3.84. The molecular formula is C25H27N3O4S. The van der Waals surface area contributed by atoms with Crippen LogP contribution in [0.15, 0.2) is 89.8 Å². The summed E-state index contributed by atoms with van der Waals surface area (Å²) in [4.78, 5) is 24.6. The lowest BCUT2D eigenvalue weighted by Gasteiger charge is -2.24. The Morgan fingerprint density at radius 1 is 0.788 bits per heavy atom. The molecule has 172 valence electrons. The summed E-state index contributed by atoms with van der Waals surface area (Å²) in [5.74, 6) is -0.520. The number of anilines is 1. The average Bonchev–Trinajstić information content (AvgIpc) is 2.83. The van der Waals surface area contributed by atoms with Crippen LogP contribution in [0.1, 0.15) is 22.3 Å². The van der Waals surface area contributed by atoms with Crippen molar-refractivity contribution < 1.29 is 18.0 Å². The molecule has 33 heavy (non-hydrogen) atoms. The van der Waals surface area contributed by atoms with Crippen molar-refractivity contribution in [3.63, 3.8) is 0 Å². The highest BCUT2D eigenvalue weighted by molar-refractivity contribution is 7.92. The van der Waals surface area contributed by atoms with E-state index < -0.39 is 10.0 Å². The van der Waals surface area contributed by atoms with E-state index in [4.69, 9.17) is 0 Å². The van der Waals surface area contributed by atoms with Crippen molar-refractivity contribution in [3.8, 4) is 0 Å². The second-order valence-corrected chi connectivity index (χ2v) is 9.31. The zero-order valence-corrected chi connectivity index (χ0v) is 19.2. The summed E-state index contributed by atoms with van der Waals surface area (Å²) in [5.41, 5.74) is 1.99. The zero-order valence-electron chi connectivity index (χ0n) is 18.4. The van der Waals surface area contributed by atoms with Gasteiger partial charge in [-0.2, -0.15) is 0 Å². The number of hydrogen-bond acceptors (Lipinski definition) is 4. The molecular weight excluding hydrogens is 438 g/mol. The lowest BCUT2D eigenvalue weighted by molar-refractivity contribution is -0.120. The molecule has 0 atom stereocenters. The molecule has 0 unspecified atom stereocenters. The van der Waals surface area contributed by atoms with Crippen LogP contribution in [0, 0.1) is 6.92 Å². The molecule has 8 heteroatoms. The van der Waals surface area contributed by atoms with Gasteiger partial charge >= 0.3 is 0 Å². The highest BCUT2D eigenvalue weighted by atomic mass is 32.2. The third-order valence-corrected chi connectivity index (χ3v) is 6.81. The molecule has 3 rings (SSSR count). The van der Waals surface area contributed by atoms with Gasteiger partial charge in [0, 0.05) is 31.6 Å². The topological polar surface area (TPSA) is 95.6 Å². The Bertz CT molecular complexity index is 1170. The van der Waals surface area contributed by atoms with Crippen LogP contribution in [0.5, 0.6) is 0 Å². The summed E-state index contributed by atoms with van der Waals surface area (Å²) >= 11 is 0. The Balaban J connectivity index is 1.57. The predicted octanol–water partition coefficient (Wildman–Crippen LogP) is 3.13. The molecule has 0 heterocycles. The van der Waals surface area contributed by atoms with E-state index in [-0.39, 0.29) is 42.8 Å². The fraction of sp³-hybridized carbons (Fsp3) is 0.200. The first-order valence-corrected chi connectivity index (χ1v) is 12.1. The van der Waals surface area contributed by atoms with Crippen LogP contribution in [0.3, 0.4) is 0 Å². The number of aryl methyl sites for hydroxylation is 1. The molecule has 7 nitrogen and oxygen atoms in total. The van der Waals surface area contributed by atoms with E-state index in [2.05, 4.69) is 10.6 Å². The number of rotatable bonds is 10. The fourth-order valence-corrected chi connectivity index (χ4v) is 4.65. The molecule has 0 aromatic heterocycles. The van der Waals surface area contributed by atoms with Gasteiger partial charge in [-0.25, -0.2) is 8.42 Å². The van der Waals surface area contributed by atoms with Crippen molar-refractivity contribution in [1.29, 1.82) is 0 Å². The third-order valence-electron chi connectivity index (χ3n) is 4.96. The molecule has 0 radical (unpaired) electrons. The standard InChI is InChI=1S/C25H27N3O4S/c1-20-12-14-23(15-13-20)33(31,32)28(22-10-6-3-7-11-22)19-16-24(29)26-17-18-27-25(30)21-8-4-2-5-9-21/h2-15H,16-19H2,1H3,(H,26,29)(H,27,30). The van der Waals surface area contributed by atoms with Gasteiger partial charge in [0.05, 0.1) is 10.6 Å². The van der Waals surface area contributed by atoms with E-state index in [1.165, 1.54) is 4.31 Å². The molecule has 2 N–H and O–H groups in total. The molecule has 3 aromatic rings. The Morgan fingerprint density at radius 3 is 2.00 bits per heavy atom. The van der Waals surface area contributed by atoms with Gasteiger partial charge < -0.3 is 10.6 Å². The van der Waals surface area contributed by atoms with Crippen molar-refractivity contribution >= 4 is 27.5 Å². The third kappa shape index (κ3) is 6.66. The Morgan fingerprint density at radius 2 is 1.36 bits per heavy atom. The lowest BCUT2D eigenvalue weighted by Crippen LogP contribution is -2.38. The normalized spacial score (nSPS) is 10.9. The van der Waals surface area contributed by atoms with Gasteiger partial charge in [-0.15, -0.1) is 0 Å². The number of sulfonamides is 1. The van der Waals surface area contributed by atoms with E-state index in [0.717, 1.165) is 5.56 Å². The van der Waals surface area contributed by atoms with Crippen molar-refractivity contribution in [2.45, 2.75) is 18.2 Å². The number of amides is 2. The minimum Gasteiger partial charge on any atom is -0.354 e. The molecule has 0 aliphatic carbocycles. The van der Waals surface area contributed by atoms with Crippen LogP contribution in [0.4, 0.5) is 5.69 Å². The van der Waals surface area contributed by atoms with E-state index in [1.54, 1.807) is 78.9 Å². The highest BCUT2D eigenvalue weighted by Gasteiger charge is 2.25. The summed E-state index contributed by atoms with van der Waals surface area (Å²) < 4.78 is 27.8. The maximum absolute atomic E-state index is 13.3. The first kappa shape index (κ1) is 24.0. The minimum atomic E-state index is -3.84. The zero-order chi connectivity index (χ0) is 23.7. The monoisotopic (exact) mass is 465 g/mol. The molecule has 0 bridgehead atoms. The van der Waals surface area contributed by atoms with Crippen molar-refractivity contribution in [1.82, 2.24) is 10.6 Å². The van der Waals surface area contributed by atoms with Gasteiger partial charge in [-0.1, -0.05) is 54.1 Å². The summed E-state index contributed by atoms with van der Waals surface area (Å²) in [5, 5.41) is 5.46. The second kappa shape index (κ2) is 11.3. The molecule has 0 saturated heterocycles. The smallest absolute Gasteiger partial charge is 0.264 e. The number of benzene rings is 3. The first-order chi connectivity index (χ1) is 15.9. The number of carbonyl (C=O) groups excluding carboxylic acids is 2. The number of nitrogens with one attached hydrogen (secondary N) is 2. The molecule has 0 aliphatic heterocycles. The van der Waals surface area contributed by atoms with Crippen LogP contribution < -0.4 is 14.9 Å². The number of nitrogens with zero attached hydrogens (tertiary/aromatic N) is 1. The lowest BCUT2D eigenvalue weighted by atomic mass is 10.2. The second-order valence-electron chi connectivity index (χ2n) is 7.45. The SMILES string of the molecule is Cc1ccc(S(=O)(=O)N(CCC(=O)NCCNC(=O)c2ccccc2)c2ccccc2)cc1. The van der Waals surface area contributed by atoms with Crippen LogP contribution in [-0.4, -0.2) is 39.9 Å². The van der Waals surface area contributed by atoms with Crippen molar-refractivity contribution in [2.24, 2.45) is 0 Å². The number of para-hydroxylation sites is 1.